The predicted octanol–water partition coefficient (Wildman–Crippen LogP) is 2.82. The summed E-state index contributed by atoms with van der Waals surface area (Å²) in [7, 11) is 0. The number of nitrogens with zero attached hydrogens (tertiary/aromatic N) is 1. The van der Waals surface area contributed by atoms with Crippen LogP contribution in [0.3, 0.4) is 0 Å². The molecule has 0 unspecified atom stereocenters. The van der Waals surface area contributed by atoms with E-state index in [9.17, 15) is 0 Å². The molecule has 0 spiro atoms. The lowest BCUT2D eigenvalue weighted by molar-refractivity contribution is 0.324. The second-order valence-corrected chi connectivity index (χ2v) is 5.83. The number of hydrogen-bond acceptors (Lipinski definition) is 3. The van der Waals surface area contributed by atoms with E-state index in [0.29, 0.717) is 0 Å². The summed E-state index contributed by atoms with van der Waals surface area (Å²) in [5.41, 5.74) is 0. The molecule has 0 saturated carbocycles. The van der Waals surface area contributed by atoms with Crippen LogP contribution in [0.4, 0.5) is 0 Å². The minimum absolute atomic E-state index is 1.07. The Balaban J connectivity index is 1.79. The van der Waals surface area contributed by atoms with Gasteiger partial charge in [-0.05, 0) is 47.6 Å². The van der Waals surface area contributed by atoms with Gasteiger partial charge in [0, 0.05) is 34.4 Å². The van der Waals surface area contributed by atoms with Crippen LogP contribution in [0.15, 0.2) is 22.0 Å². The van der Waals surface area contributed by atoms with Gasteiger partial charge in [0.05, 0.1) is 0 Å². The Morgan fingerprint density at radius 2 is 2.38 bits per heavy atom. The van der Waals surface area contributed by atoms with E-state index in [2.05, 4.69) is 49.7 Å². The summed E-state index contributed by atoms with van der Waals surface area (Å²) in [6.07, 6.45) is 5.75. The van der Waals surface area contributed by atoms with Crippen LogP contribution in [0.5, 0.6) is 0 Å². The molecule has 2 nitrogen and oxygen atoms in total. The van der Waals surface area contributed by atoms with Gasteiger partial charge in [0.15, 0.2) is 0 Å². The third-order valence-electron chi connectivity index (χ3n) is 2.67. The molecule has 1 aliphatic rings. The lowest BCUT2D eigenvalue weighted by Crippen LogP contribution is -2.28. The molecule has 2 rings (SSSR count). The molecule has 0 atom stereocenters. The van der Waals surface area contributed by atoms with Gasteiger partial charge in [-0.2, -0.15) is 0 Å². The molecule has 0 aromatic carbocycles. The molecular weight excluding hydrogens is 284 g/mol. The maximum atomic E-state index is 3.47. The van der Waals surface area contributed by atoms with Crippen molar-refractivity contribution in [1.29, 1.82) is 0 Å². The Kier molecular flexibility index (Phi) is 5.03. The van der Waals surface area contributed by atoms with E-state index < -0.39 is 0 Å². The van der Waals surface area contributed by atoms with Crippen molar-refractivity contribution in [2.24, 2.45) is 0 Å². The van der Waals surface area contributed by atoms with Crippen LogP contribution in [-0.4, -0.2) is 37.6 Å². The van der Waals surface area contributed by atoms with Gasteiger partial charge in [0.2, 0.25) is 0 Å². The Morgan fingerprint density at radius 3 is 3.19 bits per heavy atom. The predicted molar refractivity (Wildman–Crippen MR) is 75.0 cm³/mol. The van der Waals surface area contributed by atoms with E-state index in [-0.39, 0.29) is 0 Å². The van der Waals surface area contributed by atoms with Crippen molar-refractivity contribution in [3.05, 3.63) is 26.9 Å². The summed E-state index contributed by atoms with van der Waals surface area (Å²) in [6.45, 7) is 5.73. The van der Waals surface area contributed by atoms with Crippen molar-refractivity contribution in [2.75, 3.05) is 32.7 Å². The number of thiophene rings is 1. The molecule has 1 aromatic rings. The molecular formula is C12H17BrN2S. The normalized spacial score (nSPS) is 19.1. The van der Waals surface area contributed by atoms with E-state index in [0.717, 1.165) is 19.6 Å². The first-order valence-corrected chi connectivity index (χ1v) is 7.35. The first-order valence-electron chi connectivity index (χ1n) is 5.68. The fourth-order valence-corrected chi connectivity index (χ4v) is 3.18. The number of hydrogen-bond donors (Lipinski definition) is 1. The molecule has 0 radical (unpaired) electrons. The van der Waals surface area contributed by atoms with E-state index in [1.807, 2.05) is 0 Å². The van der Waals surface area contributed by atoms with Crippen molar-refractivity contribution >= 4 is 33.3 Å². The molecule has 2 heterocycles. The van der Waals surface area contributed by atoms with Crippen LogP contribution in [0.1, 0.15) is 11.3 Å². The SMILES string of the molecule is Brc1csc(/C=C/CN2CCCNCC2)c1. The second kappa shape index (κ2) is 6.55. The summed E-state index contributed by atoms with van der Waals surface area (Å²) in [6, 6.07) is 2.16. The Hall–Kier alpha value is -0.160. The molecule has 16 heavy (non-hydrogen) atoms. The Morgan fingerprint density at radius 1 is 1.44 bits per heavy atom. The maximum absolute atomic E-state index is 3.47. The minimum atomic E-state index is 1.07. The van der Waals surface area contributed by atoms with Crippen LogP contribution in [-0.2, 0) is 0 Å². The van der Waals surface area contributed by atoms with E-state index in [4.69, 9.17) is 0 Å². The molecule has 4 heteroatoms. The topological polar surface area (TPSA) is 15.3 Å². The van der Waals surface area contributed by atoms with Crippen molar-refractivity contribution in [2.45, 2.75) is 6.42 Å². The number of halogens is 1. The van der Waals surface area contributed by atoms with Gasteiger partial charge in [0.25, 0.3) is 0 Å². The zero-order chi connectivity index (χ0) is 11.2. The van der Waals surface area contributed by atoms with Crippen molar-refractivity contribution < 1.29 is 0 Å². The monoisotopic (exact) mass is 300 g/mol. The first-order chi connectivity index (χ1) is 7.84. The largest absolute Gasteiger partial charge is 0.315 e. The molecule has 0 amide bonds. The van der Waals surface area contributed by atoms with Gasteiger partial charge < -0.3 is 5.32 Å². The zero-order valence-corrected chi connectivity index (χ0v) is 11.7. The average Bonchev–Trinajstić information content (AvgIpc) is 2.54. The summed E-state index contributed by atoms with van der Waals surface area (Å²) >= 11 is 5.24. The molecule has 0 aliphatic carbocycles. The smallest absolute Gasteiger partial charge is 0.0288 e. The highest BCUT2D eigenvalue weighted by Gasteiger charge is 2.05. The Bertz CT molecular complexity index is 341. The summed E-state index contributed by atoms with van der Waals surface area (Å²) < 4.78 is 1.18. The van der Waals surface area contributed by atoms with Gasteiger partial charge in [-0.3, -0.25) is 4.90 Å². The van der Waals surface area contributed by atoms with Gasteiger partial charge in [-0.15, -0.1) is 11.3 Å². The highest BCUT2D eigenvalue weighted by atomic mass is 79.9. The van der Waals surface area contributed by atoms with Gasteiger partial charge in [-0.25, -0.2) is 0 Å². The molecule has 1 fully saturated rings. The lowest BCUT2D eigenvalue weighted by atomic mass is 10.3. The summed E-state index contributed by atoms with van der Waals surface area (Å²) in [5.74, 6) is 0. The molecule has 1 aromatic heterocycles. The second-order valence-electron chi connectivity index (χ2n) is 3.97. The summed E-state index contributed by atoms with van der Waals surface area (Å²) in [5, 5.41) is 5.54. The van der Waals surface area contributed by atoms with Crippen molar-refractivity contribution in [1.82, 2.24) is 10.2 Å². The van der Waals surface area contributed by atoms with Gasteiger partial charge in [0.1, 0.15) is 0 Å². The molecule has 1 aliphatic heterocycles. The quantitative estimate of drug-likeness (QED) is 0.923. The molecule has 1 N–H and O–H groups in total. The zero-order valence-electron chi connectivity index (χ0n) is 9.29. The molecule has 0 bridgehead atoms. The van der Waals surface area contributed by atoms with Crippen LogP contribution >= 0.6 is 27.3 Å². The number of nitrogens with one attached hydrogen (secondary N) is 1. The van der Waals surface area contributed by atoms with E-state index in [1.54, 1.807) is 11.3 Å². The van der Waals surface area contributed by atoms with E-state index >= 15 is 0 Å². The highest BCUT2D eigenvalue weighted by molar-refractivity contribution is 9.10. The molecule has 88 valence electrons. The molecule has 1 saturated heterocycles. The summed E-state index contributed by atoms with van der Waals surface area (Å²) in [4.78, 5) is 3.82. The first kappa shape index (κ1) is 12.3. The fourth-order valence-electron chi connectivity index (χ4n) is 1.82. The third-order valence-corrected chi connectivity index (χ3v) is 4.32. The van der Waals surface area contributed by atoms with Crippen LogP contribution < -0.4 is 5.32 Å². The fraction of sp³-hybridized carbons (Fsp3) is 0.500. The lowest BCUT2D eigenvalue weighted by Gasteiger charge is -2.16. The highest BCUT2D eigenvalue weighted by Crippen LogP contribution is 2.20. The average molecular weight is 301 g/mol. The van der Waals surface area contributed by atoms with E-state index in [1.165, 1.54) is 28.9 Å². The van der Waals surface area contributed by atoms with Crippen molar-refractivity contribution in [3.8, 4) is 0 Å². The van der Waals surface area contributed by atoms with Crippen LogP contribution in [0, 0.1) is 0 Å². The van der Waals surface area contributed by atoms with Crippen LogP contribution in [0.2, 0.25) is 0 Å². The van der Waals surface area contributed by atoms with Crippen molar-refractivity contribution in [3.63, 3.8) is 0 Å². The third kappa shape index (κ3) is 4.01. The standard InChI is InChI=1S/C12H17BrN2S/c13-11-9-12(16-10-11)3-1-6-15-7-2-4-14-5-8-15/h1,3,9-10,14H,2,4-8H2/b3-1+. The maximum Gasteiger partial charge on any atom is 0.0288 e. The minimum Gasteiger partial charge on any atom is -0.315 e. The van der Waals surface area contributed by atoms with Gasteiger partial charge in [-0.1, -0.05) is 6.08 Å². The van der Waals surface area contributed by atoms with Crippen LogP contribution in [0.25, 0.3) is 6.08 Å². The van der Waals surface area contributed by atoms with Gasteiger partial charge >= 0.3 is 0 Å². The Labute approximate surface area is 109 Å². The number of rotatable bonds is 3.